The number of thioether (sulfide) groups is 1. The van der Waals surface area contributed by atoms with E-state index in [1.807, 2.05) is 37.7 Å². The topological polar surface area (TPSA) is 74.7 Å². The lowest BCUT2D eigenvalue weighted by Gasteiger charge is -2.37. The highest BCUT2D eigenvalue weighted by Crippen LogP contribution is 2.29. The molecule has 0 aromatic heterocycles. The van der Waals surface area contributed by atoms with E-state index in [1.54, 1.807) is 14.2 Å². The molecule has 1 aromatic rings. The van der Waals surface area contributed by atoms with Gasteiger partial charge >= 0.3 is 0 Å². The fraction of sp³-hybridized carbons (Fsp3) is 0.769. The van der Waals surface area contributed by atoms with Crippen molar-refractivity contribution in [1.29, 1.82) is 0 Å². The van der Waals surface area contributed by atoms with Gasteiger partial charge in [-0.25, -0.2) is 8.51 Å². The van der Waals surface area contributed by atoms with E-state index in [1.165, 1.54) is 12.8 Å². The summed E-state index contributed by atoms with van der Waals surface area (Å²) in [6.45, 7) is 11.1. The van der Waals surface area contributed by atoms with Crippen molar-refractivity contribution in [1.82, 2.24) is 14.1 Å². The summed E-state index contributed by atoms with van der Waals surface area (Å²) in [6.07, 6.45) is 2.40. The first-order valence-electron chi connectivity index (χ1n) is 12.8. The maximum Gasteiger partial charge on any atom is 0.128 e. The molecule has 0 aliphatic carbocycles. The number of hydrogen-bond donors (Lipinski definition) is 1. The molecule has 10 heteroatoms. The van der Waals surface area contributed by atoms with Crippen LogP contribution in [0.25, 0.3) is 0 Å². The number of rotatable bonds is 12. The maximum atomic E-state index is 13.6. The van der Waals surface area contributed by atoms with Gasteiger partial charge in [0, 0.05) is 51.4 Å². The van der Waals surface area contributed by atoms with Gasteiger partial charge < -0.3 is 24.2 Å². The number of likely N-dealkylation sites (tertiary alicyclic amines) is 1. The smallest absolute Gasteiger partial charge is 0.128 e. The highest BCUT2D eigenvalue weighted by molar-refractivity contribution is 7.99. The average molecular weight is 546 g/mol. The minimum absolute atomic E-state index is 0.149. The van der Waals surface area contributed by atoms with E-state index in [0.29, 0.717) is 19.3 Å². The zero-order chi connectivity index (χ0) is 26.5. The van der Waals surface area contributed by atoms with Crippen molar-refractivity contribution in [3.8, 4) is 5.75 Å². The third-order valence-electron chi connectivity index (χ3n) is 6.85. The van der Waals surface area contributed by atoms with E-state index in [-0.39, 0.29) is 6.04 Å². The van der Waals surface area contributed by atoms with Gasteiger partial charge in [-0.3, -0.25) is 4.90 Å². The quantitative estimate of drug-likeness (QED) is 0.402. The number of nitrogens with zero attached hydrogens (tertiary/aromatic N) is 3. The summed E-state index contributed by atoms with van der Waals surface area (Å²) in [5.41, 5.74) is 2.03. The van der Waals surface area contributed by atoms with Gasteiger partial charge in [0.1, 0.15) is 16.7 Å². The maximum absolute atomic E-state index is 13.6. The van der Waals surface area contributed by atoms with Crippen LogP contribution in [0.5, 0.6) is 5.75 Å². The van der Waals surface area contributed by atoms with Gasteiger partial charge in [0.25, 0.3) is 0 Å². The molecule has 2 aliphatic heterocycles. The van der Waals surface area contributed by atoms with E-state index in [9.17, 15) is 4.21 Å². The average Bonchev–Trinajstić information content (AvgIpc) is 2.89. The molecule has 2 unspecified atom stereocenters. The highest BCUT2D eigenvalue weighted by atomic mass is 32.2. The van der Waals surface area contributed by atoms with Crippen molar-refractivity contribution >= 4 is 22.7 Å². The van der Waals surface area contributed by atoms with Gasteiger partial charge in [-0.1, -0.05) is 0 Å². The number of hydrogen-bond acceptors (Lipinski definition) is 8. The first-order chi connectivity index (χ1) is 17.4. The molecule has 208 valence electrons. The number of aliphatic hydroxyl groups excluding tert-OH is 1. The predicted octanol–water partition coefficient (Wildman–Crippen LogP) is 2.42. The fourth-order valence-corrected chi connectivity index (χ4v) is 7.67. The Bertz CT molecular complexity index is 770. The second kappa shape index (κ2) is 17.0. The monoisotopic (exact) mass is 545 g/mol. The molecule has 36 heavy (non-hydrogen) atoms. The summed E-state index contributed by atoms with van der Waals surface area (Å²) in [7, 11) is 5.43. The van der Waals surface area contributed by atoms with Crippen molar-refractivity contribution < 1.29 is 23.5 Å². The largest absolute Gasteiger partial charge is 0.497 e. The van der Waals surface area contributed by atoms with Gasteiger partial charge in [0.15, 0.2) is 0 Å². The van der Waals surface area contributed by atoms with Crippen molar-refractivity contribution in [2.75, 3.05) is 92.4 Å². The Morgan fingerprint density at radius 3 is 2.33 bits per heavy atom. The lowest BCUT2D eigenvalue weighted by molar-refractivity contribution is 0.0394. The number of ether oxygens (including phenoxy) is 3. The molecule has 8 nitrogen and oxygen atoms in total. The zero-order valence-corrected chi connectivity index (χ0v) is 24.7. The van der Waals surface area contributed by atoms with Gasteiger partial charge in [0.05, 0.1) is 37.9 Å². The Labute approximate surface area is 225 Å². The second-order valence-corrected chi connectivity index (χ2v) is 11.9. The highest BCUT2D eigenvalue weighted by Gasteiger charge is 2.30. The summed E-state index contributed by atoms with van der Waals surface area (Å²) >= 11 is 1.92. The van der Waals surface area contributed by atoms with Crippen LogP contribution >= 0.6 is 11.8 Å². The Morgan fingerprint density at radius 2 is 1.72 bits per heavy atom. The second-order valence-electron chi connectivity index (χ2n) is 9.35. The van der Waals surface area contributed by atoms with Gasteiger partial charge in [0.2, 0.25) is 0 Å². The van der Waals surface area contributed by atoms with Crippen molar-refractivity contribution in [3.63, 3.8) is 0 Å². The van der Waals surface area contributed by atoms with Crippen LogP contribution in [0, 0.1) is 13.8 Å². The van der Waals surface area contributed by atoms with Crippen LogP contribution in [0.2, 0.25) is 0 Å². The lowest BCUT2D eigenvalue weighted by Crippen LogP contribution is -2.47. The van der Waals surface area contributed by atoms with Crippen LogP contribution < -0.4 is 4.74 Å². The van der Waals surface area contributed by atoms with E-state index < -0.39 is 11.0 Å². The van der Waals surface area contributed by atoms with Gasteiger partial charge in [-0.15, -0.1) is 0 Å². The first kappa shape index (κ1) is 31.5. The van der Waals surface area contributed by atoms with Crippen molar-refractivity contribution in [3.05, 3.63) is 23.3 Å². The van der Waals surface area contributed by atoms with Crippen LogP contribution in [-0.2, 0) is 20.5 Å². The molecule has 0 spiro atoms. The molecule has 3 rings (SSSR count). The molecule has 0 saturated carbocycles. The third-order valence-corrected chi connectivity index (χ3v) is 9.84. The predicted molar refractivity (Wildman–Crippen MR) is 150 cm³/mol. The van der Waals surface area contributed by atoms with Crippen molar-refractivity contribution in [2.45, 2.75) is 43.7 Å². The third kappa shape index (κ3) is 9.23. The Morgan fingerprint density at radius 1 is 1.08 bits per heavy atom. The minimum atomic E-state index is -1.21. The summed E-state index contributed by atoms with van der Waals surface area (Å²) in [5, 5.41) is 7.00. The molecular weight excluding hydrogens is 498 g/mol. The van der Waals surface area contributed by atoms with E-state index in [0.717, 1.165) is 79.7 Å². The number of benzene rings is 1. The number of aryl methyl sites for hydroxylation is 2. The molecule has 0 bridgehead atoms. The molecule has 2 heterocycles. The molecule has 1 N–H and O–H groups in total. The van der Waals surface area contributed by atoms with E-state index in [4.69, 9.17) is 19.3 Å². The number of piperidine rings is 1. The summed E-state index contributed by atoms with van der Waals surface area (Å²) < 4.78 is 32.7. The molecular formula is C26H47N3O5S2. The Hall–Kier alpha value is -0.720. The number of methoxy groups -OCH3 is 2. The molecule has 0 amide bonds. The minimum Gasteiger partial charge on any atom is -0.497 e. The van der Waals surface area contributed by atoms with Crippen LogP contribution in [0.4, 0.5) is 0 Å². The van der Waals surface area contributed by atoms with Crippen LogP contribution in [0.1, 0.15) is 24.0 Å². The standard InChI is InChI=1S/C25H43N3O4S2.CH4O/c1-20-16-24(31-5)17-21(2)25(20)34(29)28-12-15-33-19-23(28)18-32-14-11-27(10-13-30-4)22-6-8-26(3)9-7-22;1-2/h16-17,22-23H,6-15,18-19H2,1-5H3;2H,1H3. The SMILES string of the molecule is CO.COCCN(CCOCC1CSCCN1S(=O)c1c(C)cc(OC)cc1C)C1CCN(C)CC1. The molecule has 0 radical (unpaired) electrons. The van der Waals surface area contributed by atoms with Crippen LogP contribution in [-0.4, -0.2) is 128 Å². The normalized spacial score (nSPS) is 20.7. The molecule has 1 aromatic carbocycles. The number of aliphatic hydroxyl groups is 1. The summed E-state index contributed by atoms with van der Waals surface area (Å²) in [5.74, 6) is 2.76. The molecule has 2 atom stereocenters. The van der Waals surface area contributed by atoms with Crippen LogP contribution in [0.3, 0.4) is 0 Å². The van der Waals surface area contributed by atoms with Gasteiger partial charge in [-0.05, 0) is 70.1 Å². The van der Waals surface area contributed by atoms with Crippen LogP contribution in [0.15, 0.2) is 17.0 Å². The zero-order valence-electron chi connectivity index (χ0n) is 23.0. The van der Waals surface area contributed by atoms with E-state index >= 15 is 0 Å². The molecule has 2 fully saturated rings. The lowest BCUT2D eigenvalue weighted by atomic mass is 10.0. The Balaban J connectivity index is 0.00000222. The Kier molecular flexibility index (Phi) is 14.9. The summed E-state index contributed by atoms with van der Waals surface area (Å²) in [6, 6.07) is 4.70. The first-order valence-corrected chi connectivity index (χ1v) is 15.1. The van der Waals surface area contributed by atoms with Crippen molar-refractivity contribution in [2.24, 2.45) is 0 Å². The molecule has 2 saturated heterocycles. The van der Waals surface area contributed by atoms with E-state index in [2.05, 4.69) is 21.2 Å². The summed E-state index contributed by atoms with van der Waals surface area (Å²) in [4.78, 5) is 5.85. The molecule has 2 aliphatic rings. The van der Waals surface area contributed by atoms with Gasteiger partial charge in [-0.2, -0.15) is 11.8 Å². The fourth-order valence-electron chi connectivity index (χ4n) is 4.86.